The number of hydrogen-bond donors (Lipinski definition) is 3. The van der Waals surface area contributed by atoms with Gasteiger partial charge in [-0.1, -0.05) is 18.7 Å². The average Bonchev–Trinajstić information content (AvgIpc) is 2.57. The van der Waals surface area contributed by atoms with Crippen molar-refractivity contribution in [2.45, 2.75) is 13.1 Å². The van der Waals surface area contributed by atoms with E-state index in [0.29, 0.717) is 11.8 Å². The highest BCUT2D eigenvalue weighted by molar-refractivity contribution is 7.80. The van der Waals surface area contributed by atoms with Crippen molar-refractivity contribution in [3.05, 3.63) is 71.7 Å². The number of alkyl halides is 3. The first-order chi connectivity index (χ1) is 12.6. The minimum absolute atomic E-state index is 0.112. The van der Waals surface area contributed by atoms with Crippen LogP contribution in [0.4, 0.5) is 28.9 Å². The highest BCUT2D eigenvalue weighted by atomic mass is 32.1. The number of benzene rings is 2. The van der Waals surface area contributed by atoms with Crippen LogP contribution in [-0.4, -0.2) is 11.0 Å². The lowest BCUT2D eigenvalue weighted by molar-refractivity contribution is -0.139. The smallest absolute Gasteiger partial charge is 0.340 e. The van der Waals surface area contributed by atoms with Crippen LogP contribution in [-0.2, 0) is 6.18 Å². The van der Waals surface area contributed by atoms with Gasteiger partial charge in [0.25, 0.3) is 5.91 Å². The van der Waals surface area contributed by atoms with Crippen molar-refractivity contribution in [3.8, 4) is 0 Å². The summed E-state index contributed by atoms with van der Waals surface area (Å²) in [5.41, 5.74) is -0.626. The molecule has 4 nitrogen and oxygen atoms in total. The lowest BCUT2D eigenvalue weighted by atomic mass is 10.1. The van der Waals surface area contributed by atoms with E-state index >= 15 is 0 Å². The van der Waals surface area contributed by atoms with Gasteiger partial charge in [0.1, 0.15) is 0 Å². The maximum absolute atomic E-state index is 14.1. The molecule has 0 saturated heterocycles. The highest BCUT2D eigenvalue weighted by Crippen LogP contribution is 2.34. The van der Waals surface area contributed by atoms with Crippen molar-refractivity contribution in [1.82, 2.24) is 5.32 Å². The summed E-state index contributed by atoms with van der Waals surface area (Å²) in [4.78, 5) is 12.4. The summed E-state index contributed by atoms with van der Waals surface area (Å²) in [6.07, 6.45) is -3.49. The van der Waals surface area contributed by atoms with E-state index in [9.17, 15) is 22.4 Å². The summed E-state index contributed by atoms with van der Waals surface area (Å²) in [5.74, 6) is -2.31. The summed E-state index contributed by atoms with van der Waals surface area (Å²) < 4.78 is 52.4. The molecule has 2 aromatic carbocycles. The fourth-order valence-electron chi connectivity index (χ4n) is 2.19. The molecule has 0 aliphatic heterocycles. The van der Waals surface area contributed by atoms with Crippen molar-refractivity contribution in [3.63, 3.8) is 0 Å². The van der Waals surface area contributed by atoms with E-state index in [1.165, 1.54) is 18.3 Å². The molecule has 0 bridgehead atoms. The Morgan fingerprint density at radius 2 is 1.85 bits per heavy atom. The molecule has 9 heteroatoms. The Kier molecular flexibility index (Phi) is 6.17. The predicted octanol–water partition coefficient (Wildman–Crippen LogP) is 4.84. The van der Waals surface area contributed by atoms with E-state index in [0.717, 1.165) is 17.7 Å². The van der Waals surface area contributed by atoms with Gasteiger partial charge in [0.05, 0.1) is 11.3 Å². The normalized spacial score (nSPS) is 10.9. The molecule has 0 radical (unpaired) electrons. The number of thiocarbonyl (C=S) groups is 1. The first-order valence-corrected chi connectivity index (χ1v) is 8.00. The Hall–Kier alpha value is -2.94. The molecule has 0 aliphatic carbocycles. The van der Waals surface area contributed by atoms with Crippen LogP contribution in [0.2, 0.25) is 0 Å². The largest absolute Gasteiger partial charge is 0.419 e. The van der Waals surface area contributed by atoms with Crippen molar-refractivity contribution in [2.24, 2.45) is 0 Å². The third kappa shape index (κ3) is 5.04. The number of rotatable bonds is 4. The Balaban J connectivity index is 2.27. The van der Waals surface area contributed by atoms with Gasteiger partial charge in [0, 0.05) is 11.3 Å². The van der Waals surface area contributed by atoms with E-state index in [4.69, 9.17) is 12.2 Å². The third-order valence-corrected chi connectivity index (χ3v) is 3.75. The Morgan fingerprint density at radius 3 is 2.48 bits per heavy atom. The minimum atomic E-state index is -4.86. The third-order valence-electron chi connectivity index (χ3n) is 3.53. The van der Waals surface area contributed by atoms with Gasteiger partial charge in [0.15, 0.2) is 10.9 Å². The van der Waals surface area contributed by atoms with Gasteiger partial charge in [0.2, 0.25) is 0 Å². The number of hydrogen-bond acceptors (Lipinski definition) is 2. The number of carbonyl (C=O) groups excluding carboxylic acids is 1. The number of halogens is 4. The van der Waals surface area contributed by atoms with Crippen LogP contribution in [0.3, 0.4) is 0 Å². The Morgan fingerprint density at radius 1 is 1.15 bits per heavy atom. The number of amides is 1. The summed E-state index contributed by atoms with van der Waals surface area (Å²) in [5, 5.41) is 7.92. The van der Waals surface area contributed by atoms with Crippen LogP contribution in [0, 0.1) is 12.7 Å². The maximum atomic E-state index is 14.1. The van der Waals surface area contributed by atoms with Gasteiger partial charge >= 0.3 is 6.18 Å². The van der Waals surface area contributed by atoms with E-state index in [1.54, 1.807) is 13.0 Å². The van der Waals surface area contributed by atoms with Crippen LogP contribution in [0.15, 0.2) is 49.2 Å². The molecule has 2 aromatic rings. The summed E-state index contributed by atoms with van der Waals surface area (Å²) in [6, 6.07) is 7.21. The summed E-state index contributed by atoms with van der Waals surface area (Å²) in [7, 11) is 0. The molecule has 27 heavy (non-hydrogen) atoms. The molecule has 0 unspecified atom stereocenters. The maximum Gasteiger partial charge on any atom is 0.419 e. The summed E-state index contributed by atoms with van der Waals surface area (Å²) >= 11 is 5.02. The van der Waals surface area contributed by atoms with Crippen LogP contribution >= 0.6 is 12.2 Å². The second-order valence-corrected chi connectivity index (χ2v) is 5.86. The number of carbonyl (C=O) groups is 1. The number of nitrogens with one attached hydrogen (secondary N) is 3. The first kappa shape index (κ1) is 20.4. The highest BCUT2D eigenvalue weighted by Gasteiger charge is 2.35. The van der Waals surface area contributed by atoms with Gasteiger partial charge in [-0.05, 0) is 55.2 Å². The number of aryl methyl sites for hydroxylation is 1. The molecule has 0 spiro atoms. The van der Waals surface area contributed by atoms with Gasteiger partial charge in [-0.2, -0.15) is 13.2 Å². The van der Waals surface area contributed by atoms with E-state index in [-0.39, 0.29) is 10.7 Å². The molecule has 3 N–H and O–H groups in total. The predicted molar refractivity (Wildman–Crippen MR) is 100 cm³/mol. The fourth-order valence-corrected chi connectivity index (χ4v) is 2.38. The zero-order chi connectivity index (χ0) is 20.2. The molecule has 2 rings (SSSR count). The lowest BCUT2D eigenvalue weighted by Crippen LogP contribution is -2.24. The minimum Gasteiger partial charge on any atom is -0.340 e. The van der Waals surface area contributed by atoms with E-state index in [1.807, 2.05) is 0 Å². The lowest BCUT2D eigenvalue weighted by Gasteiger charge is -2.14. The quantitative estimate of drug-likeness (QED) is 0.511. The van der Waals surface area contributed by atoms with Crippen LogP contribution in [0.1, 0.15) is 21.5 Å². The fraction of sp³-hybridized carbons (Fsp3) is 0.111. The van der Waals surface area contributed by atoms with E-state index in [2.05, 4.69) is 22.5 Å². The SMILES string of the molecule is C=CNC(=S)Nc1cc(C(=O)Nc2cccc(C(F)(F)F)c2F)ccc1C. The standard InChI is InChI=1S/C18H15F4N3OS/c1-3-23-17(27)25-14-9-11(8-7-10(14)2)16(26)24-13-6-4-5-12(15(13)19)18(20,21)22/h3-9H,1H2,2H3,(H,24,26)(H2,23,25,27). The van der Waals surface area contributed by atoms with Crippen molar-refractivity contribution >= 4 is 34.6 Å². The van der Waals surface area contributed by atoms with Crippen molar-refractivity contribution < 1.29 is 22.4 Å². The molecule has 0 heterocycles. The monoisotopic (exact) mass is 397 g/mol. The molecule has 0 aliphatic rings. The van der Waals surface area contributed by atoms with Crippen LogP contribution in [0.25, 0.3) is 0 Å². The summed E-state index contributed by atoms with van der Waals surface area (Å²) in [6.45, 7) is 5.24. The van der Waals surface area contributed by atoms with Crippen LogP contribution in [0.5, 0.6) is 0 Å². The zero-order valence-corrected chi connectivity index (χ0v) is 14.9. The Labute approximate surface area is 158 Å². The molecule has 0 aromatic heterocycles. The van der Waals surface area contributed by atoms with Gasteiger partial charge in [-0.3, -0.25) is 4.79 Å². The molecule has 142 valence electrons. The van der Waals surface area contributed by atoms with Crippen molar-refractivity contribution in [2.75, 3.05) is 10.6 Å². The topological polar surface area (TPSA) is 53.2 Å². The van der Waals surface area contributed by atoms with Gasteiger partial charge in [-0.25, -0.2) is 4.39 Å². The molecule has 0 atom stereocenters. The van der Waals surface area contributed by atoms with Gasteiger partial charge in [-0.15, -0.1) is 0 Å². The van der Waals surface area contributed by atoms with Crippen LogP contribution < -0.4 is 16.0 Å². The molecule has 0 saturated carbocycles. The number of anilines is 2. The average molecular weight is 397 g/mol. The molecular weight excluding hydrogens is 382 g/mol. The second-order valence-electron chi connectivity index (χ2n) is 5.45. The van der Waals surface area contributed by atoms with E-state index < -0.39 is 29.2 Å². The van der Waals surface area contributed by atoms with Crippen molar-refractivity contribution in [1.29, 1.82) is 0 Å². The Bertz CT molecular complexity index is 897. The second kappa shape index (κ2) is 8.17. The van der Waals surface area contributed by atoms with Gasteiger partial charge < -0.3 is 16.0 Å². The molecule has 1 amide bonds. The molecular formula is C18H15F4N3OS. The zero-order valence-electron chi connectivity index (χ0n) is 14.1. The first-order valence-electron chi connectivity index (χ1n) is 7.59. The molecule has 0 fully saturated rings.